The molecule has 2 fully saturated rings. The fraction of sp³-hybridized carbons (Fsp3) is 0.476. The minimum absolute atomic E-state index is 0.0263. The predicted molar refractivity (Wildman–Crippen MR) is 126 cm³/mol. The van der Waals surface area contributed by atoms with Gasteiger partial charge in [-0.05, 0) is 31.1 Å². The smallest absolute Gasteiger partial charge is 0.449 e. The molecule has 3 atom stereocenters. The number of hydrogen-bond donors (Lipinski definition) is 3. The Labute approximate surface area is 200 Å². The maximum atomic E-state index is 12.8. The van der Waals surface area contributed by atoms with Gasteiger partial charge in [-0.25, -0.2) is 9.78 Å². The van der Waals surface area contributed by atoms with Crippen LogP contribution in [0, 0.1) is 11.8 Å². The van der Waals surface area contributed by atoms with Gasteiger partial charge in [0, 0.05) is 31.4 Å². The first-order valence-corrected chi connectivity index (χ1v) is 12.9. The van der Waals surface area contributed by atoms with Gasteiger partial charge in [0.25, 0.3) is 10.1 Å². The van der Waals surface area contributed by atoms with Crippen molar-refractivity contribution >= 4 is 44.6 Å². The van der Waals surface area contributed by atoms with E-state index >= 15 is 0 Å². The highest BCUT2D eigenvalue weighted by atomic mass is 35.5. The number of aromatic nitrogens is 2. The molecule has 0 unspecified atom stereocenters. The van der Waals surface area contributed by atoms with Gasteiger partial charge in [-0.3, -0.25) is 9.35 Å². The van der Waals surface area contributed by atoms with Crippen LogP contribution in [0.3, 0.4) is 0 Å². The molecule has 0 bridgehead atoms. The number of hydrogen-bond acceptors (Lipinski definition) is 8. The Kier molecular flexibility index (Phi) is 6.60. The zero-order chi connectivity index (χ0) is 24.8. The number of carboxylic acid groups (broad SMARTS) is 1. The first-order chi connectivity index (χ1) is 15.9. The lowest BCUT2D eigenvalue weighted by molar-refractivity contribution is 0.143. The molecular weight excluding hydrogens is 488 g/mol. The molecule has 2 aliphatic carbocycles. The fourth-order valence-corrected chi connectivity index (χ4v) is 4.97. The Morgan fingerprint density at radius 1 is 1.32 bits per heavy atom. The summed E-state index contributed by atoms with van der Waals surface area (Å²) in [5, 5.41) is 9.61. The van der Waals surface area contributed by atoms with Crippen molar-refractivity contribution in [3.8, 4) is 5.75 Å². The van der Waals surface area contributed by atoms with Crippen LogP contribution in [-0.2, 0) is 10.1 Å². The Morgan fingerprint density at radius 3 is 2.59 bits per heavy atom. The second kappa shape index (κ2) is 9.17. The Balaban J connectivity index is 0.000000499. The normalized spacial score (nSPS) is 23.9. The van der Waals surface area contributed by atoms with Crippen LogP contribution in [-0.4, -0.2) is 59.2 Å². The van der Waals surface area contributed by atoms with E-state index in [4.69, 9.17) is 31.7 Å². The maximum Gasteiger partial charge on any atom is 0.511 e. The number of fused-ring (bicyclic) bond motifs is 2. The van der Waals surface area contributed by atoms with Gasteiger partial charge in [0.15, 0.2) is 5.75 Å². The summed E-state index contributed by atoms with van der Waals surface area (Å²) >= 11 is 6.79. The topological polar surface area (TPSA) is 165 Å². The molecule has 1 saturated carbocycles. The summed E-state index contributed by atoms with van der Waals surface area (Å²) in [5.74, 6) is 1.22. The number of carbonyl (C=O) groups is 1. The molecule has 0 spiro atoms. The molecule has 5 rings (SSSR count). The third-order valence-corrected chi connectivity index (χ3v) is 6.53. The van der Waals surface area contributed by atoms with E-state index in [-0.39, 0.29) is 23.2 Å². The van der Waals surface area contributed by atoms with Crippen LogP contribution in [0.2, 0.25) is 5.02 Å². The van der Waals surface area contributed by atoms with E-state index in [1.165, 1.54) is 12.4 Å². The summed E-state index contributed by atoms with van der Waals surface area (Å²) in [6.45, 7) is 1.58. The Bertz CT molecular complexity index is 1310. The van der Waals surface area contributed by atoms with Crippen molar-refractivity contribution in [2.24, 2.45) is 17.6 Å². The second-order valence-electron chi connectivity index (χ2n) is 8.79. The van der Waals surface area contributed by atoms with E-state index in [1.807, 2.05) is 4.57 Å². The van der Waals surface area contributed by atoms with Crippen molar-refractivity contribution in [1.29, 1.82) is 0 Å². The zero-order valence-corrected chi connectivity index (χ0v) is 19.9. The summed E-state index contributed by atoms with van der Waals surface area (Å²) in [6, 6.07) is 0.194. The van der Waals surface area contributed by atoms with Gasteiger partial charge >= 0.3 is 6.16 Å². The first kappa shape index (κ1) is 24.5. The van der Waals surface area contributed by atoms with Gasteiger partial charge < -0.3 is 25.0 Å². The molecule has 34 heavy (non-hydrogen) atoms. The van der Waals surface area contributed by atoms with Crippen LogP contribution in [0.4, 0.5) is 10.6 Å². The summed E-state index contributed by atoms with van der Waals surface area (Å²) in [7, 11) is -3.67. The third-order valence-electron chi connectivity index (χ3n) is 6.18. The van der Waals surface area contributed by atoms with Crippen molar-refractivity contribution in [3.05, 3.63) is 39.8 Å². The number of nitrogens with two attached hydrogens (primary N) is 1. The molecule has 0 radical (unpaired) electrons. The largest absolute Gasteiger partial charge is 0.511 e. The van der Waals surface area contributed by atoms with Crippen LogP contribution in [0.15, 0.2) is 29.3 Å². The second-order valence-corrected chi connectivity index (χ2v) is 10.6. The quantitative estimate of drug-likeness (QED) is 0.315. The highest BCUT2D eigenvalue weighted by Crippen LogP contribution is 2.42. The van der Waals surface area contributed by atoms with Crippen molar-refractivity contribution in [2.45, 2.75) is 31.3 Å². The molecule has 1 saturated heterocycles. The predicted octanol–water partition coefficient (Wildman–Crippen LogP) is 2.29. The van der Waals surface area contributed by atoms with Crippen molar-refractivity contribution in [1.82, 2.24) is 9.55 Å². The van der Waals surface area contributed by atoms with E-state index in [0.717, 1.165) is 32.4 Å². The van der Waals surface area contributed by atoms with Crippen LogP contribution in [0.5, 0.6) is 5.75 Å². The minimum Gasteiger partial charge on any atom is -0.449 e. The highest BCUT2D eigenvalue weighted by molar-refractivity contribution is 7.85. The average molecular weight is 513 g/mol. The van der Waals surface area contributed by atoms with Gasteiger partial charge in [-0.1, -0.05) is 23.8 Å². The van der Waals surface area contributed by atoms with Crippen LogP contribution in [0.25, 0.3) is 10.9 Å². The zero-order valence-electron chi connectivity index (χ0n) is 18.3. The molecular formula is C21H25ClN4O7S. The van der Waals surface area contributed by atoms with Crippen LogP contribution in [0.1, 0.15) is 25.3 Å². The van der Waals surface area contributed by atoms with Gasteiger partial charge in [0.05, 0.1) is 23.4 Å². The Hall–Kier alpha value is -2.67. The fourth-order valence-electron chi connectivity index (χ4n) is 4.60. The minimum atomic E-state index is -3.67. The monoisotopic (exact) mass is 512 g/mol. The lowest BCUT2D eigenvalue weighted by Crippen LogP contribution is -2.35. The number of ether oxygens (including phenoxy) is 1. The highest BCUT2D eigenvalue weighted by Gasteiger charge is 2.38. The summed E-state index contributed by atoms with van der Waals surface area (Å²) < 4.78 is 32.4. The standard InChI is InChI=1S/C20H21ClN4O4.CH4O3S/c21-16-17-12(18(26)15(29-20(27)28)9-25(17)11-4-5-11)6-23-19(16)24-7-10-2-1-3-14(22)13(10)8-24;1-5(2,3)4/h1,3,6,9-11,13-14H,2,4-5,7-8,22H2,(H,27,28);1H3,(H,2,3,4)/t10-,13+,14-;/m1./s1. The van der Waals surface area contributed by atoms with Crippen molar-refractivity contribution < 1.29 is 27.6 Å². The van der Waals surface area contributed by atoms with Gasteiger partial charge in [0.1, 0.15) is 10.8 Å². The molecule has 2 aromatic rings. The molecule has 13 heteroatoms. The van der Waals surface area contributed by atoms with E-state index in [2.05, 4.69) is 22.0 Å². The van der Waals surface area contributed by atoms with E-state index in [9.17, 15) is 18.0 Å². The van der Waals surface area contributed by atoms with Crippen molar-refractivity contribution in [2.75, 3.05) is 24.2 Å². The van der Waals surface area contributed by atoms with E-state index < -0.39 is 21.7 Å². The van der Waals surface area contributed by atoms with E-state index in [1.54, 1.807) is 0 Å². The van der Waals surface area contributed by atoms with Crippen LogP contribution < -0.4 is 20.8 Å². The lowest BCUT2D eigenvalue weighted by Gasteiger charge is -2.25. The van der Waals surface area contributed by atoms with E-state index in [0.29, 0.717) is 34.4 Å². The number of halogens is 1. The molecule has 1 aliphatic heterocycles. The third kappa shape index (κ3) is 5.19. The number of rotatable bonds is 3. The summed E-state index contributed by atoms with van der Waals surface area (Å²) in [5.41, 5.74) is 6.32. The molecule has 0 aromatic carbocycles. The summed E-state index contributed by atoms with van der Waals surface area (Å²) in [6.07, 6.45) is 9.19. The molecule has 184 valence electrons. The van der Waals surface area contributed by atoms with Gasteiger partial charge in [-0.15, -0.1) is 0 Å². The number of pyridine rings is 2. The lowest BCUT2D eigenvalue weighted by atomic mass is 9.83. The van der Waals surface area contributed by atoms with Crippen molar-refractivity contribution in [3.63, 3.8) is 0 Å². The molecule has 3 aliphatic rings. The number of allylic oxidation sites excluding steroid dienone is 1. The molecule has 0 amide bonds. The van der Waals surface area contributed by atoms with Gasteiger partial charge in [0.2, 0.25) is 5.43 Å². The van der Waals surface area contributed by atoms with Gasteiger partial charge in [-0.2, -0.15) is 8.42 Å². The SMILES string of the molecule is CS(=O)(=O)O.N[C@@H]1C=CC[C@@H]2CN(c3ncc4c(=O)c(OC(=O)O)cn(C5CC5)c4c3Cl)C[C@@H]21. The average Bonchev–Trinajstić information content (AvgIpc) is 3.47. The number of nitrogens with zero attached hydrogens (tertiary/aromatic N) is 3. The maximum absolute atomic E-state index is 12.8. The first-order valence-electron chi connectivity index (χ1n) is 10.7. The molecule has 3 heterocycles. The summed E-state index contributed by atoms with van der Waals surface area (Å²) in [4.78, 5) is 30.4. The molecule has 4 N–H and O–H groups in total. The molecule has 2 aromatic heterocycles. The number of anilines is 1. The molecule has 11 nitrogen and oxygen atoms in total. The Morgan fingerprint density at radius 2 is 2.00 bits per heavy atom. The van der Waals surface area contributed by atoms with Crippen LogP contribution >= 0.6 is 11.6 Å².